The van der Waals surface area contributed by atoms with Crippen LogP contribution in [0.15, 0.2) is 35.1 Å². The highest BCUT2D eigenvalue weighted by molar-refractivity contribution is 6.08. The third-order valence-corrected chi connectivity index (χ3v) is 7.99. The molecule has 1 aliphatic heterocycles. The van der Waals surface area contributed by atoms with Crippen molar-refractivity contribution in [3.8, 4) is 5.75 Å². The van der Waals surface area contributed by atoms with E-state index < -0.39 is 0 Å². The molecule has 1 aliphatic rings. The van der Waals surface area contributed by atoms with Gasteiger partial charge in [0.2, 0.25) is 0 Å². The zero-order valence-corrected chi connectivity index (χ0v) is 22.4. The lowest BCUT2D eigenvalue weighted by atomic mass is 9.88. The highest BCUT2D eigenvalue weighted by Gasteiger charge is 2.30. The van der Waals surface area contributed by atoms with E-state index in [4.69, 9.17) is 9.72 Å². The van der Waals surface area contributed by atoms with Gasteiger partial charge in [0.05, 0.1) is 30.5 Å². The van der Waals surface area contributed by atoms with Gasteiger partial charge in [-0.1, -0.05) is 18.2 Å². The number of aromatic amines is 1. The number of hydrogen-bond acceptors (Lipinski definition) is 4. The number of nitrogens with zero attached hydrogens (tertiary/aromatic N) is 3. The zero-order valence-electron chi connectivity index (χ0n) is 22.4. The average molecular weight is 502 g/mol. The summed E-state index contributed by atoms with van der Waals surface area (Å²) in [7, 11) is 1.53. The normalized spacial score (nSPS) is 16.0. The van der Waals surface area contributed by atoms with Crippen LogP contribution in [0, 0.1) is 33.6 Å². The molecule has 194 valence electrons. The first-order chi connectivity index (χ1) is 17.7. The molecule has 0 saturated carbocycles. The molecule has 0 spiro atoms. The fourth-order valence-electron chi connectivity index (χ4n) is 6.08. The summed E-state index contributed by atoms with van der Waals surface area (Å²) >= 11 is 0. The topological polar surface area (TPSA) is 93.9 Å². The molecule has 0 bridgehead atoms. The SMILES string of the molecule is COc1cc(C)[nH]c(=O)c1CNC(=O)c1c(C)n([C@H](C)C2CCn3c(C)nc(C)c3C2)c2ccccc12. The van der Waals surface area contributed by atoms with E-state index in [1.807, 2.05) is 25.1 Å². The van der Waals surface area contributed by atoms with Crippen LogP contribution < -0.4 is 15.6 Å². The Bertz CT molecular complexity index is 1560. The van der Waals surface area contributed by atoms with Gasteiger partial charge in [0.25, 0.3) is 11.5 Å². The lowest BCUT2D eigenvalue weighted by Crippen LogP contribution is -2.29. The van der Waals surface area contributed by atoms with E-state index in [9.17, 15) is 9.59 Å². The van der Waals surface area contributed by atoms with Crippen molar-refractivity contribution >= 4 is 16.8 Å². The molecule has 8 heteroatoms. The van der Waals surface area contributed by atoms with Gasteiger partial charge in [-0.2, -0.15) is 0 Å². The molecular formula is C29H35N5O3. The second-order valence-electron chi connectivity index (χ2n) is 10.2. The van der Waals surface area contributed by atoms with Crippen molar-refractivity contribution in [2.75, 3.05) is 7.11 Å². The number of para-hydroxylation sites is 1. The summed E-state index contributed by atoms with van der Waals surface area (Å²) in [6.07, 6.45) is 2.03. The number of amides is 1. The van der Waals surface area contributed by atoms with Crippen molar-refractivity contribution in [1.82, 2.24) is 24.4 Å². The number of imidazole rings is 1. The molecule has 8 nitrogen and oxygen atoms in total. The number of H-pyrrole nitrogens is 1. The van der Waals surface area contributed by atoms with Crippen molar-refractivity contribution in [2.24, 2.45) is 5.92 Å². The maximum absolute atomic E-state index is 13.6. The Morgan fingerprint density at radius 3 is 2.76 bits per heavy atom. The molecule has 0 fully saturated rings. The van der Waals surface area contributed by atoms with E-state index in [1.165, 1.54) is 12.8 Å². The van der Waals surface area contributed by atoms with Crippen LogP contribution >= 0.6 is 0 Å². The minimum Gasteiger partial charge on any atom is -0.496 e. The first-order valence-electron chi connectivity index (χ1n) is 12.9. The number of nitrogens with one attached hydrogen (secondary N) is 2. The number of aromatic nitrogens is 4. The minimum atomic E-state index is -0.257. The number of carbonyl (C=O) groups is 1. The summed E-state index contributed by atoms with van der Waals surface area (Å²) in [5.74, 6) is 1.79. The molecule has 1 amide bonds. The maximum Gasteiger partial charge on any atom is 0.256 e. The number of rotatable bonds is 6. The van der Waals surface area contributed by atoms with Gasteiger partial charge in [-0.25, -0.2) is 4.98 Å². The Morgan fingerprint density at radius 2 is 2.00 bits per heavy atom. The standard InChI is InChI=1S/C29H35N5O3/c1-16-13-26(37-6)23(28(35)31-16)15-30-29(36)27-19(4)34(24-10-8-7-9-22(24)27)18(3)21-11-12-33-20(5)32-17(2)25(33)14-21/h7-10,13,18,21H,11-12,14-15H2,1-6H3,(H,30,36)(H,31,35)/t18-,21?/m1/s1. The van der Waals surface area contributed by atoms with Crippen molar-refractivity contribution in [3.63, 3.8) is 0 Å². The van der Waals surface area contributed by atoms with Crippen LogP contribution in [0.3, 0.4) is 0 Å². The third kappa shape index (κ3) is 4.24. The van der Waals surface area contributed by atoms with E-state index in [-0.39, 0.29) is 24.1 Å². The molecule has 1 aromatic carbocycles. The molecule has 4 heterocycles. The van der Waals surface area contributed by atoms with Gasteiger partial charge in [-0.3, -0.25) is 9.59 Å². The fraction of sp³-hybridized carbons (Fsp3) is 0.414. The Kier molecular flexibility index (Phi) is 6.43. The molecule has 1 unspecified atom stereocenters. The second-order valence-corrected chi connectivity index (χ2v) is 10.2. The monoisotopic (exact) mass is 501 g/mol. The van der Waals surface area contributed by atoms with Crippen molar-refractivity contribution in [3.05, 3.63) is 80.4 Å². The largest absolute Gasteiger partial charge is 0.496 e. The lowest BCUT2D eigenvalue weighted by Gasteiger charge is -2.32. The predicted molar refractivity (Wildman–Crippen MR) is 144 cm³/mol. The van der Waals surface area contributed by atoms with Crippen molar-refractivity contribution < 1.29 is 9.53 Å². The van der Waals surface area contributed by atoms with Gasteiger partial charge in [-0.05, 0) is 65.5 Å². The Balaban J connectivity index is 1.47. The number of methoxy groups -OCH3 is 1. The van der Waals surface area contributed by atoms with Crippen LogP contribution in [0.2, 0.25) is 0 Å². The van der Waals surface area contributed by atoms with E-state index in [1.54, 1.807) is 13.0 Å². The first kappa shape index (κ1) is 24.9. The Labute approximate surface area is 216 Å². The summed E-state index contributed by atoms with van der Waals surface area (Å²) < 4.78 is 10.1. The lowest BCUT2D eigenvalue weighted by molar-refractivity contribution is 0.0951. The summed E-state index contributed by atoms with van der Waals surface area (Å²) in [5, 5.41) is 3.89. The predicted octanol–water partition coefficient (Wildman–Crippen LogP) is 4.52. The van der Waals surface area contributed by atoms with Crippen LogP contribution in [-0.4, -0.2) is 32.1 Å². The van der Waals surface area contributed by atoms with Crippen molar-refractivity contribution in [2.45, 2.75) is 66.6 Å². The van der Waals surface area contributed by atoms with Gasteiger partial charge in [0.15, 0.2) is 0 Å². The smallest absolute Gasteiger partial charge is 0.256 e. The van der Waals surface area contributed by atoms with Gasteiger partial charge in [-0.15, -0.1) is 0 Å². The van der Waals surface area contributed by atoms with E-state index in [0.29, 0.717) is 28.5 Å². The third-order valence-electron chi connectivity index (χ3n) is 7.99. The van der Waals surface area contributed by atoms with Gasteiger partial charge in [0.1, 0.15) is 11.6 Å². The summed E-state index contributed by atoms with van der Waals surface area (Å²) in [5.41, 5.74) is 5.93. The van der Waals surface area contributed by atoms with Gasteiger partial charge in [0, 0.05) is 40.6 Å². The molecule has 4 aromatic rings. The molecule has 0 saturated heterocycles. The number of pyridine rings is 1. The molecule has 3 aromatic heterocycles. The number of carbonyl (C=O) groups excluding carboxylic acids is 1. The van der Waals surface area contributed by atoms with Crippen LogP contribution in [0.25, 0.3) is 10.9 Å². The number of fused-ring (bicyclic) bond motifs is 2. The molecule has 0 aliphatic carbocycles. The average Bonchev–Trinajstić information content (AvgIpc) is 3.33. The van der Waals surface area contributed by atoms with Crippen LogP contribution in [0.4, 0.5) is 0 Å². The van der Waals surface area contributed by atoms with Crippen LogP contribution in [-0.2, 0) is 19.5 Å². The zero-order chi connectivity index (χ0) is 26.4. The Hall–Kier alpha value is -3.81. The number of hydrogen-bond donors (Lipinski definition) is 2. The molecule has 5 rings (SSSR count). The molecule has 2 atom stereocenters. The van der Waals surface area contributed by atoms with Gasteiger partial charge >= 0.3 is 0 Å². The maximum atomic E-state index is 13.6. The van der Waals surface area contributed by atoms with Crippen LogP contribution in [0.1, 0.15) is 63.9 Å². The summed E-state index contributed by atoms with van der Waals surface area (Å²) in [6.45, 7) is 11.3. The molecule has 2 N–H and O–H groups in total. The first-order valence-corrected chi connectivity index (χ1v) is 12.9. The second kappa shape index (κ2) is 9.57. The van der Waals surface area contributed by atoms with Gasteiger partial charge < -0.3 is 24.2 Å². The summed E-state index contributed by atoms with van der Waals surface area (Å²) in [4.78, 5) is 33.6. The number of ether oxygens (including phenoxy) is 1. The van der Waals surface area contributed by atoms with E-state index in [2.05, 4.69) is 46.3 Å². The Morgan fingerprint density at radius 1 is 1.24 bits per heavy atom. The molecule has 0 radical (unpaired) electrons. The fourth-order valence-corrected chi connectivity index (χ4v) is 6.08. The quantitative estimate of drug-likeness (QED) is 0.406. The number of aryl methyl sites for hydroxylation is 3. The molecular weight excluding hydrogens is 466 g/mol. The van der Waals surface area contributed by atoms with Crippen LogP contribution in [0.5, 0.6) is 5.75 Å². The van der Waals surface area contributed by atoms with E-state index in [0.717, 1.165) is 47.5 Å². The highest BCUT2D eigenvalue weighted by atomic mass is 16.5. The number of benzene rings is 1. The summed E-state index contributed by atoms with van der Waals surface area (Å²) in [6, 6.07) is 10.0. The van der Waals surface area contributed by atoms with E-state index >= 15 is 0 Å². The minimum absolute atomic E-state index is 0.0807. The highest BCUT2D eigenvalue weighted by Crippen LogP contribution is 2.37. The molecule has 37 heavy (non-hydrogen) atoms. The van der Waals surface area contributed by atoms with Crippen molar-refractivity contribution in [1.29, 1.82) is 0 Å².